The van der Waals surface area contributed by atoms with Crippen molar-refractivity contribution in [3.63, 3.8) is 0 Å². The van der Waals surface area contributed by atoms with Gasteiger partial charge in [-0.05, 0) is 17.8 Å². The Morgan fingerprint density at radius 3 is 2.60 bits per heavy atom. The van der Waals surface area contributed by atoms with Gasteiger partial charge in [0.2, 0.25) is 5.91 Å². The number of carbonyl (C=O) groups is 1. The van der Waals surface area contributed by atoms with Crippen LogP contribution in [0.15, 0.2) is 0 Å². The normalized spacial score (nSPS) is 35.6. The number of nitrogens with one attached hydrogen (secondary N) is 1. The minimum Gasteiger partial charge on any atom is -0.377 e. The van der Waals surface area contributed by atoms with Gasteiger partial charge in [-0.25, -0.2) is 0 Å². The van der Waals surface area contributed by atoms with E-state index in [2.05, 4.69) is 33.0 Å². The first kappa shape index (κ1) is 15.8. The molecule has 0 bridgehead atoms. The van der Waals surface area contributed by atoms with Crippen molar-refractivity contribution in [2.45, 2.75) is 59.6 Å². The molecule has 1 aliphatic carbocycles. The smallest absolute Gasteiger partial charge is 0.241 e. The van der Waals surface area contributed by atoms with Crippen molar-refractivity contribution in [1.29, 1.82) is 0 Å². The lowest BCUT2D eigenvalue weighted by molar-refractivity contribution is -0.175. The molecule has 0 spiro atoms. The maximum Gasteiger partial charge on any atom is 0.241 e. The largest absolute Gasteiger partial charge is 0.377 e. The lowest BCUT2D eigenvalue weighted by Gasteiger charge is -2.60. The maximum absolute atomic E-state index is 12.7. The predicted octanol–water partition coefficient (Wildman–Crippen LogP) is 1.93. The van der Waals surface area contributed by atoms with Crippen molar-refractivity contribution in [3.05, 3.63) is 0 Å². The number of rotatable bonds is 4. The lowest BCUT2D eigenvalue weighted by atomic mass is 9.48. The number of ether oxygens (including phenoxy) is 1. The van der Waals surface area contributed by atoms with Crippen molar-refractivity contribution < 1.29 is 9.53 Å². The summed E-state index contributed by atoms with van der Waals surface area (Å²) in [6.45, 7) is 14.2. The van der Waals surface area contributed by atoms with Crippen LogP contribution >= 0.6 is 0 Å². The third kappa shape index (κ3) is 2.00. The van der Waals surface area contributed by atoms with Gasteiger partial charge in [0.1, 0.15) is 5.54 Å². The highest BCUT2D eigenvalue weighted by Crippen LogP contribution is 2.58. The summed E-state index contributed by atoms with van der Waals surface area (Å²) < 4.78 is 5.74. The summed E-state index contributed by atoms with van der Waals surface area (Å²) in [4.78, 5) is 12.7. The van der Waals surface area contributed by atoms with Gasteiger partial charge in [0.25, 0.3) is 0 Å². The van der Waals surface area contributed by atoms with Gasteiger partial charge in [-0.3, -0.25) is 4.79 Å². The highest BCUT2D eigenvalue weighted by molar-refractivity contribution is 5.89. The van der Waals surface area contributed by atoms with Crippen LogP contribution in [-0.4, -0.2) is 30.7 Å². The number of fused-ring (bicyclic) bond motifs is 1. The molecule has 0 aromatic heterocycles. The Balaban J connectivity index is 2.06. The molecule has 3 unspecified atom stereocenters. The molecule has 1 aliphatic heterocycles. The molecule has 4 heteroatoms. The molecule has 1 saturated carbocycles. The zero-order valence-corrected chi connectivity index (χ0v) is 13.7. The van der Waals surface area contributed by atoms with E-state index >= 15 is 0 Å². The van der Waals surface area contributed by atoms with E-state index in [1.807, 2.05) is 13.8 Å². The van der Waals surface area contributed by atoms with E-state index < -0.39 is 5.54 Å². The topological polar surface area (TPSA) is 64.4 Å². The van der Waals surface area contributed by atoms with Crippen molar-refractivity contribution in [3.8, 4) is 0 Å². The van der Waals surface area contributed by atoms with Gasteiger partial charge in [0.05, 0.1) is 6.10 Å². The van der Waals surface area contributed by atoms with Crippen LogP contribution in [0.1, 0.15) is 48.0 Å². The minimum absolute atomic E-state index is 0.0111. The molecular formula is C16H30N2O2. The third-order valence-electron chi connectivity index (χ3n) is 6.10. The Kier molecular flexibility index (Phi) is 3.71. The number of nitrogens with two attached hydrogens (primary N) is 1. The number of hydrogen-bond acceptors (Lipinski definition) is 3. The van der Waals surface area contributed by atoms with Crippen LogP contribution in [0.3, 0.4) is 0 Å². The second-order valence-electron chi connectivity index (χ2n) is 8.10. The fraction of sp³-hybridized carbons (Fsp3) is 0.938. The van der Waals surface area contributed by atoms with Crippen LogP contribution in [0.5, 0.6) is 0 Å². The van der Waals surface area contributed by atoms with Gasteiger partial charge >= 0.3 is 0 Å². The van der Waals surface area contributed by atoms with Crippen molar-refractivity contribution >= 4 is 5.91 Å². The molecule has 3 atom stereocenters. The van der Waals surface area contributed by atoms with Crippen LogP contribution in [0.2, 0.25) is 0 Å². The van der Waals surface area contributed by atoms with Crippen LogP contribution in [0.25, 0.3) is 0 Å². The molecule has 3 N–H and O–H groups in total. The summed E-state index contributed by atoms with van der Waals surface area (Å²) >= 11 is 0. The van der Waals surface area contributed by atoms with Crippen molar-refractivity contribution in [2.24, 2.45) is 28.4 Å². The zero-order chi connectivity index (χ0) is 15.3. The summed E-state index contributed by atoms with van der Waals surface area (Å²) in [5.41, 5.74) is 5.52. The Morgan fingerprint density at radius 2 is 2.05 bits per heavy atom. The quantitative estimate of drug-likeness (QED) is 0.828. The molecule has 0 aromatic carbocycles. The highest BCUT2D eigenvalue weighted by Gasteiger charge is 2.71. The van der Waals surface area contributed by atoms with Gasteiger partial charge in [0.15, 0.2) is 0 Å². The number of hydrogen-bond donors (Lipinski definition) is 2. The van der Waals surface area contributed by atoms with E-state index in [1.165, 1.54) is 0 Å². The van der Waals surface area contributed by atoms with Gasteiger partial charge < -0.3 is 15.8 Å². The standard InChI is InChI=1S/C16H30N2O2/c1-10(2)14(3,4)9-18-13(19)16(17)11-7-8-20-12(11)15(16,5)6/h10-12H,7-9,17H2,1-6H3,(H,18,19). The molecule has 0 aromatic rings. The van der Waals surface area contributed by atoms with E-state index in [1.54, 1.807) is 0 Å². The summed E-state index contributed by atoms with van der Waals surface area (Å²) in [5, 5.41) is 3.10. The third-order valence-corrected chi connectivity index (χ3v) is 6.10. The van der Waals surface area contributed by atoms with Crippen LogP contribution in [-0.2, 0) is 9.53 Å². The monoisotopic (exact) mass is 282 g/mol. The van der Waals surface area contributed by atoms with Gasteiger partial charge in [-0.1, -0.05) is 41.5 Å². The molecule has 4 nitrogen and oxygen atoms in total. The average Bonchev–Trinajstić information content (AvgIpc) is 2.82. The van der Waals surface area contributed by atoms with Crippen LogP contribution < -0.4 is 11.1 Å². The second-order valence-corrected chi connectivity index (χ2v) is 8.10. The van der Waals surface area contributed by atoms with E-state index in [0.29, 0.717) is 12.5 Å². The van der Waals surface area contributed by atoms with Crippen LogP contribution in [0, 0.1) is 22.7 Å². The fourth-order valence-electron chi connectivity index (χ4n) is 3.50. The van der Waals surface area contributed by atoms with E-state index in [0.717, 1.165) is 13.0 Å². The SMILES string of the molecule is CC(C)C(C)(C)CNC(=O)C1(N)C2CCOC2C1(C)C. The maximum atomic E-state index is 12.7. The molecule has 2 aliphatic rings. The number of carbonyl (C=O) groups excluding carboxylic acids is 1. The molecule has 116 valence electrons. The first-order chi connectivity index (χ1) is 9.05. The minimum atomic E-state index is -0.790. The summed E-state index contributed by atoms with van der Waals surface area (Å²) in [6, 6.07) is 0. The van der Waals surface area contributed by atoms with Gasteiger partial charge in [0, 0.05) is 24.5 Å². The number of amides is 1. The molecule has 2 rings (SSSR count). The molecule has 1 amide bonds. The van der Waals surface area contributed by atoms with Gasteiger partial charge in [-0.15, -0.1) is 0 Å². The second kappa shape index (κ2) is 4.70. The van der Waals surface area contributed by atoms with Crippen molar-refractivity contribution in [2.75, 3.05) is 13.2 Å². The molecule has 20 heavy (non-hydrogen) atoms. The average molecular weight is 282 g/mol. The molecule has 1 heterocycles. The fourth-order valence-corrected chi connectivity index (χ4v) is 3.50. The van der Waals surface area contributed by atoms with E-state index in [9.17, 15) is 4.79 Å². The molecule has 0 radical (unpaired) electrons. The molecular weight excluding hydrogens is 252 g/mol. The van der Waals surface area contributed by atoms with Gasteiger partial charge in [-0.2, -0.15) is 0 Å². The lowest BCUT2D eigenvalue weighted by Crippen LogP contribution is -2.80. The first-order valence-corrected chi connectivity index (χ1v) is 7.74. The first-order valence-electron chi connectivity index (χ1n) is 7.74. The van der Waals surface area contributed by atoms with E-state index in [4.69, 9.17) is 10.5 Å². The summed E-state index contributed by atoms with van der Waals surface area (Å²) in [6.07, 6.45) is 1.03. The zero-order valence-electron chi connectivity index (χ0n) is 13.7. The Labute approximate surface area is 122 Å². The van der Waals surface area contributed by atoms with Crippen molar-refractivity contribution in [1.82, 2.24) is 5.32 Å². The van der Waals surface area contributed by atoms with Crippen LogP contribution in [0.4, 0.5) is 0 Å². The molecule has 2 fully saturated rings. The Bertz CT molecular complexity index is 403. The summed E-state index contributed by atoms with van der Waals surface area (Å²) in [5.74, 6) is 0.663. The Morgan fingerprint density at radius 1 is 1.45 bits per heavy atom. The highest BCUT2D eigenvalue weighted by atomic mass is 16.5. The van der Waals surface area contributed by atoms with E-state index in [-0.39, 0.29) is 28.8 Å². The summed E-state index contributed by atoms with van der Waals surface area (Å²) in [7, 11) is 0. The predicted molar refractivity (Wildman–Crippen MR) is 80.2 cm³/mol. The Hall–Kier alpha value is -0.610. The molecule has 1 saturated heterocycles.